The molecule has 2 atom stereocenters. The van der Waals surface area contributed by atoms with Gasteiger partial charge in [0.1, 0.15) is 23.5 Å². The van der Waals surface area contributed by atoms with Crippen LogP contribution in [0.4, 0.5) is 4.39 Å². The van der Waals surface area contributed by atoms with Gasteiger partial charge in [-0.2, -0.15) is 5.26 Å². The van der Waals surface area contributed by atoms with Gasteiger partial charge in [-0.1, -0.05) is 32.9 Å². The summed E-state index contributed by atoms with van der Waals surface area (Å²) in [5.41, 5.74) is 1.73. The lowest BCUT2D eigenvalue weighted by atomic mass is 9.94. The van der Waals surface area contributed by atoms with Crippen LogP contribution >= 0.6 is 0 Å². The van der Waals surface area contributed by atoms with Crippen molar-refractivity contribution in [3.63, 3.8) is 0 Å². The monoisotopic (exact) mass is 508 g/mol. The number of carbonyl (C=O) groups is 1. The molecule has 0 saturated heterocycles. The van der Waals surface area contributed by atoms with Crippen molar-refractivity contribution >= 4 is 11.7 Å². The fourth-order valence-corrected chi connectivity index (χ4v) is 4.55. The van der Waals surface area contributed by atoms with E-state index in [9.17, 15) is 15.2 Å². The normalized spacial score (nSPS) is 16.4. The second-order valence-corrected chi connectivity index (χ2v) is 10.8. The number of nitrogens with zero attached hydrogens (tertiary/aromatic N) is 3. The van der Waals surface area contributed by atoms with E-state index in [1.807, 2.05) is 27.0 Å². The average molecular weight is 509 g/mol. The van der Waals surface area contributed by atoms with Gasteiger partial charge in [-0.25, -0.2) is 4.39 Å². The Morgan fingerprint density at radius 1 is 1.30 bits per heavy atom. The molecule has 2 N–H and O–H groups in total. The van der Waals surface area contributed by atoms with E-state index >= 15 is 4.39 Å². The number of ether oxygens (including phenoxy) is 1. The Morgan fingerprint density at radius 3 is 2.59 bits per heavy atom. The molecule has 3 rings (SSSR count). The zero-order chi connectivity index (χ0) is 27.3. The van der Waals surface area contributed by atoms with Crippen molar-refractivity contribution in [1.82, 2.24) is 10.2 Å². The van der Waals surface area contributed by atoms with Crippen LogP contribution < -0.4 is 10.1 Å². The topological polar surface area (TPSA) is 97.9 Å². The molecule has 1 aliphatic rings. The number of aliphatic imine (C=N–C) groups is 1. The number of carbonyl (C=O) groups excluding carboxylic acids is 1. The minimum absolute atomic E-state index is 0.0898. The second-order valence-electron chi connectivity index (χ2n) is 10.8. The molecule has 0 fully saturated rings. The zero-order valence-corrected chi connectivity index (χ0v) is 22.5. The van der Waals surface area contributed by atoms with Crippen LogP contribution in [0.1, 0.15) is 74.1 Å². The molecule has 1 heterocycles. The van der Waals surface area contributed by atoms with Crippen molar-refractivity contribution < 1.29 is 19.0 Å². The molecule has 1 amide bonds. The fraction of sp³-hybridized carbons (Fsp3) is 0.483. The Bertz CT molecular complexity index is 1200. The highest BCUT2D eigenvalue weighted by atomic mass is 19.1. The summed E-state index contributed by atoms with van der Waals surface area (Å²) in [7, 11) is 2.00. The summed E-state index contributed by atoms with van der Waals surface area (Å²) in [5.74, 6) is 0.645. The van der Waals surface area contributed by atoms with E-state index in [0.29, 0.717) is 23.4 Å². The van der Waals surface area contributed by atoms with Crippen molar-refractivity contribution in [1.29, 1.82) is 5.26 Å². The molecule has 0 saturated carbocycles. The number of nitrogens with one attached hydrogen (secondary N) is 1. The van der Waals surface area contributed by atoms with Crippen molar-refractivity contribution in [3.8, 4) is 11.8 Å². The third-order valence-corrected chi connectivity index (χ3v) is 6.22. The fourth-order valence-electron chi connectivity index (χ4n) is 4.55. The number of halogens is 1. The maximum absolute atomic E-state index is 15.2. The van der Waals surface area contributed by atoms with E-state index in [-0.39, 0.29) is 48.4 Å². The summed E-state index contributed by atoms with van der Waals surface area (Å²) < 4.78 is 20.8. The number of nitriles is 1. The van der Waals surface area contributed by atoms with Gasteiger partial charge in [0.25, 0.3) is 5.91 Å². The van der Waals surface area contributed by atoms with Crippen LogP contribution in [-0.2, 0) is 6.42 Å². The molecule has 0 aromatic heterocycles. The molecule has 1 aliphatic heterocycles. The molecule has 2 aromatic carbocycles. The summed E-state index contributed by atoms with van der Waals surface area (Å²) in [6.45, 7) is 10.6. The summed E-state index contributed by atoms with van der Waals surface area (Å²) in [5, 5.41) is 21.9. The zero-order valence-electron chi connectivity index (χ0n) is 22.5. The van der Waals surface area contributed by atoms with Crippen LogP contribution in [0.5, 0.6) is 5.75 Å². The van der Waals surface area contributed by atoms with E-state index in [4.69, 9.17) is 9.73 Å². The van der Waals surface area contributed by atoms with E-state index in [1.54, 1.807) is 18.2 Å². The number of amides is 1. The summed E-state index contributed by atoms with van der Waals surface area (Å²) in [6.07, 6.45) is 0.377. The predicted molar refractivity (Wildman–Crippen MR) is 142 cm³/mol. The number of hydrogen-bond acceptors (Lipinski definition) is 6. The van der Waals surface area contributed by atoms with Gasteiger partial charge in [0, 0.05) is 37.2 Å². The van der Waals surface area contributed by atoms with E-state index in [0.717, 1.165) is 11.4 Å². The highest BCUT2D eigenvalue weighted by Crippen LogP contribution is 2.31. The Labute approximate surface area is 219 Å². The maximum atomic E-state index is 15.2. The van der Waals surface area contributed by atoms with Crippen molar-refractivity contribution in [2.24, 2.45) is 10.4 Å². The lowest BCUT2D eigenvalue weighted by molar-refractivity contribution is 0.0930. The van der Waals surface area contributed by atoms with E-state index < -0.39 is 11.9 Å². The highest BCUT2D eigenvalue weighted by Gasteiger charge is 2.31. The number of aliphatic hydroxyl groups excluding tert-OH is 1. The van der Waals surface area contributed by atoms with Crippen molar-refractivity contribution in [2.45, 2.75) is 65.6 Å². The molecule has 0 radical (unpaired) electrons. The standard InChI is InChI=1S/C29H37FN4O3/c1-18(2)37-26-10-9-21(13-22(26)16-31)27(36)32-23(11-12-35)14-19-7-8-20(15-24(19)30)25-17-34(6)28(33-25)29(3,4)5/h7-10,13,15,18,23,25,35H,11-12,14,17H2,1-6H3,(H,32,36)/t23-,25?/m1/s1. The van der Waals surface area contributed by atoms with Crippen LogP contribution in [0.15, 0.2) is 41.4 Å². The van der Waals surface area contributed by atoms with Crippen LogP contribution in [0.25, 0.3) is 0 Å². The molecule has 7 nitrogen and oxygen atoms in total. The van der Waals surface area contributed by atoms with Crippen LogP contribution in [0.3, 0.4) is 0 Å². The largest absolute Gasteiger partial charge is 0.490 e. The number of hydrogen-bond donors (Lipinski definition) is 2. The van der Waals surface area contributed by atoms with Gasteiger partial charge in [0.05, 0.1) is 17.7 Å². The number of likely N-dealkylation sites (N-methyl/N-ethyl adjacent to an activating group) is 1. The van der Waals surface area contributed by atoms with Gasteiger partial charge in [-0.3, -0.25) is 9.79 Å². The minimum atomic E-state index is -0.488. The molecule has 8 heteroatoms. The van der Waals surface area contributed by atoms with Gasteiger partial charge in [-0.15, -0.1) is 0 Å². The predicted octanol–water partition coefficient (Wildman–Crippen LogP) is 4.64. The maximum Gasteiger partial charge on any atom is 0.251 e. The highest BCUT2D eigenvalue weighted by molar-refractivity contribution is 5.95. The van der Waals surface area contributed by atoms with Crippen LogP contribution in [-0.4, -0.2) is 54.1 Å². The molecule has 1 unspecified atom stereocenters. The third kappa shape index (κ3) is 7.07. The Hall–Kier alpha value is -3.44. The number of rotatable bonds is 9. The van der Waals surface area contributed by atoms with Crippen LogP contribution in [0.2, 0.25) is 0 Å². The molecule has 0 bridgehead atoms. The average Bonchev–Trinajstić information content (AvgIpc) is 3.22. The van der Waals surface area contributed by atoms with Crippen molar-refractivity contribution in [3.05, 3.63) is 64.5 Å². The summed E-state index contributed by atoms with van der Waals surface area (Å²) in [6, 6.07) is 11.2. The first-order valence-corrected chi connectivity index (χ1v) is 12.6. The first-order chi connectivity index (χ1) is 17.4. The lowest BCUT2D eigenvalue weighted by Crippen LogP contribution is -2.37. The lowest BCUT2D eigenvalue weighted by Gasteiger charge is -2.25. The molecular formula is C29H37FN4O3. The first-order valence-electron chi connectivity index (χ1n) is 12.6. The van der Waals surface area contributed by atoms with Crippen molar-refractivity contribution in [2.75, 3.05) is 20.2 Å². The molecular weight excluding hydrogens is 471 g/mol. The van der Waals surface area contributed by atoms with Gasteiger partial charge in [0.2, 0.25) is 0 Å². The Kier molecular flexibility index (Phi) is 8.93. The molecule has 198 valence electrons. The minimum Gasteiger partial charge on any atom is -0.490 e. The number of aliphatic hydroxyl groups is 1. The first kappa shape index (κ1) is 28.1. The smallest absolute Gasteiger partial charge is 0.251 e. The Balaban J connectivity index is 1.74. The Morgan fingerprint density at radius 2 is 2.03 bits per heavy atom. The van der Waals surface area contributed by atoms with Gasteiger partial charge >= 0.3 is 0 Å². The number of benzene rings is 2. The van der Waals surface area contributed by atoms with Crippen LogP contribution in [0, 0.1) is 22.6 Å². The second kappa shape index (κ2) is 11.7. The summed E-state index contributed by atoms with van der Waals surface area (Å²) >= 11 is 0. The van der Waals surface area contributed by atoms with Gasteiger partial charge in [-0.05, 0) is 62.1 Å². The number of amidine groups is 1. The van der Waals surface area contributed by atoms with Gasteiger partial charge in [0.15, 0.2) is 0 Å². The quantitative estimate of drug-likeness (QED) is 0.514. The van der Waals surface area contributed by atoms with E-state index in [2.05, 4.69) is 37.1 Å². The molecule has 0 aliphatic carbocycles. The molecule has 0 spiro atoms. The summed E-state index contributed by atoms with van der Waals surface area (Å²) in [4.78, 5) is 19.9. The van der Waals surface area contributed by atoms with Gasteiger partial charge < -0.3 is 20.1 Å². The SMILES string of the molecule is CC(C)Oc1ccc(C(=O)N[C@H](CCO)Cc2ccc(C3CN(C)C(C(C)(C)C)=N3)cc2F)cc1C#N. The molecule has 37 heavy (non-hydrogen) atoms. The van der Waals surface area contributed by atoms with E-state index in [1.165, 1.54) is 12.1 Å². The third-order valence-electron chi connectivity index (χ3n) is 6.22. The molecule has 2 aromatic rings.